The van der Waals surface area contributed by atoms with E-state index in [9.17, 15) is 4.79 Å². The van der Waals surface area contributed by atoms with Crippen LogP contribution >= 0.6 is 0 Å². The molecule has 2 aromatic rings. The number of aldehydes is 1. The molecule has 102 valence electrons. The van der Waals surface area contributed by atoms with Gasteiger partial charge in [0.25, 0.3) is 0 Å². The molecule has 0 saturated heterocycles. The third-order valence-corrected chi connectivity index (χ3v) is 2.25. The zero-order valence-corrected chi connectivity index (χ0v) is 12.1. The summed E-state index contributed by atoms with van der Waals surface area (Å²) in [5.41, 5.74) is 3.09. The van der Waals surface area contributed by atoms with E-state index in [0.717, 1.165) is 11.8 Å². The molecule has 2 rings (SSSR count). The summed E-state index contributed by atoms with van der Waals surface area (Å²) >= 11 is 0. The summed E-state index contributed by atoms with van der Waals surface area (Å²) in [7, 11) is 0. The second-order valence-electron chi connectivity index (χ2n) is 3.86. The van der Waals surface area contributed by atoms with Crippen LogP contribution in [0.25, 0.3) is 0 Å². The Labute approximate surface area is 115 Å². The van der Waals surface area contributed by atoms with Gasteiger partial charge in [-0.15, -0.1) is 0 Å². The van der Waals surface area contributed by atoms with E-state index in [1.54, 1.807) is 12.1 Å². The van der Waals surface area contributed by atoms with Crippen LogP contribution in [0.3, 0.4) is 0 Å². The van der Waals surface area contributed by atoms with Crippen LogP contribution in [-0.4, -0.2) is 11.4 Å². The third-order valence-electron chi connectivity index (χ3n) is 2.25. The first-order valence-corrected chi connectivity index (χ1v) is 6.39. The Hall–Kier alpha value is -2.09. The van der Waals surface area contributed by atoms with Gasteiger partial charge < -0.3 is 5.11 Å². The highest BCUT2D eigenvalue weighted by Crippen LogP contribution is 2.07. The molecule has 0 aromatic heterocycles. The van der Waals surface area contributed by atoms with Gasteiger partial charge in [0, 0.05) is 5.56 Å². The van der Waals surface area contributed by atoms with Gasteiger partial charge in [0.15, 0.2) is 0 Å². The van der Waals surface area contributed by atoms with Crippen molar-refractivity contribution in [1.29, 1.82) is 0 Å². The largest absolute Gasteiger partial charge is 0.508 e. The summed E-state index contributed by atoms with van der Waals surface area (Å²) in [6, 6.07) is 14.5. The molecule has 0 atom stereocenters. The molecule has 0 radical (unpaired) electrons. The van der Waals surface area contributed by atoms with E-state index in [-0.39, 0.29) is 0 Å². The minimum absolute atomic E-state index is 0.329. The van der Waals surface area contributed by atoms with Crippen LogP contribution in [0.4, 0.5) is 0 Å². The number of carbonyl (C=O) groups excluding carboxylic acids is 1. The fraction of sp³-hybridized carbons (Fsp3) is 0.235. The minimum atomic E-state index is 0.329. The monoisotopic (exact) mass is 258 g/mol. The average Bonchev–Trinajstić information content (AvgIpc) is 2.46. The Morgan fingerprint density at radius 1 is 0.789 bits per heavy atom. The molecule has 19 heavy (non-hydrogen) atoms. The van der Waals surface area contributed by atoms with Gasteiger partial charge in [0.2, 0.25) is 0 Å². The molecule has 0 unspecified atom stereocenters. The smallest absolute Gasteiger partial charge is 0.150 e. The Morgan fingerprint density at radius 3 is 1.47 bits per heavy atom. The van der Waals surface area contributed by atoms with Crippen molar-refractivity contribution in [2.75, 3.05) is 0 Å². The van der Waals surface area contributed by atoms with Crippen LogP contribution < -0.4 is 0 Å². The van der Waals surface area contributed by atoms with Crippen molar-refractivity contribution >= 4 is 6.29 Å². The standard InChI is InChI=1S/C8H8O.C7H8O.C2H6/c1-7-2-4-8(6-9)5-3-7;1-6-2-4-7(8)5-3-6;1-2/h2-6H,1H3;2-5,8H,1H3;1-2H3. The Kier molecular flexibility index (Phi) is 8.80. The second-order valence-corrected chi connectivity index (χ2v) is 3.86. The number of carbonyl (C=O) groups is 1. The van der Waals surface area contributed by atoms with Gasteiger partial charge in [-0.3, -0.25) is 4.79 Å². The lowest BCUT2D eigenvalue weighted by atomic mass is 10.2. The predicted octanol–water partition coefficient (Wildman–Crippen LogP) is 4.53. The zero-order chi connectivity index (χ0) is 14.7. The van der Waals surface area contributed by atoms with E-state index >= 15 is 0 Å². The molecular formula is C17H22O2. The number of aryl methyl sites for hydroxylation is 2. The zero-order valence-electron chi connectivity index (χ0n) is 12.1. The second kappa shape index (κ2) is 9.89. The van der Waals surface area contributed by atoms with Crippen LogP contribution in [0.2, 0.25) is 0 Å². The lowest BCUT2D eigenvalue weighted by molar-refractivity contribution is 0.112. The quantitative estimate of drug-likeness (QED) is 0.763. The van der Waals surface area contributed by atoms with E-state index in [0.29, 0.717) is 5.75 Å². The fourth-order valence-corrected chi connectivity index (χ4v) is 1.19. The van der Waals surface area contributed by atoms with Crippen molar-refractivity contribution in [1.82, 2.24) is 0 Å². The Bertz CT molecular complexity index is 435. The van der Waals surface area contributed by atoms with Gasteiger partial charge in [-0.1, -0.05) is 61.4 Å². The number of rotatable bonds is 1. The predicted molar refractivity (Wildman–Crippen MR) is 80.8 cm³/mol. The van der Waals surface area contributed by atoms with Crippen LogP contribution in [0.5, 0.6) is 5.75 Å². The first-order valence-electron chi connectivity index (χ1n) is 6.39. The molecule has 0 spiro atoms. The molecule has 0 aliphatic heterocycles. The number of phenolic OH excluding ortho intramolecular Hbond substituents is 1. The average molecular weight is 258 g/mol. The summed E-state index contributed by atoms with van der Waals surface area (Å²) in [5, 5.41) is 8.76. The van der Waals surface area contributed by atoms with Gasteiger partial charge in [0.05, 0.1) is 0 Å². The number of hydrogen-bond acceptors (Lipinski definition) is 2. The number of phenols is 1. The fourth-order valence-electron chi connectivity index (χ4n) is 1.19. The van der Waals surface area contributed by atoms with Crippen molar-refractivity contribution in [3.63, 3.8) is 0 Å². The van der Waals surface area contributed by atoms with E-state index in [1.807, 2.05) is 64.1 Å². The van der Waals surface area contributed by atoms with Gasteiger partial charge >= 0.3 is 0 Å². The molecule has 2 aromatic carbocycles. The van der Waals surface area contributed by atoms with Gasteiger partial charge in [-0.05, 0) is 26.0 Å². The minimum Gasteiger partial charge on any atom is -0.508 e. The topological polar surface area (TPSA) is 37.3 Å². The molecule has 0 amide bonds. The van der Waals surface area contributed by atoms with Gasteiger partial charge in [0.1, 0.15) is 12.0 Å². The maximum Gasteiger partial charge on any atom is 0.150 e. The molecule has 0 heterocycles. The van der Waals surface area contributed by atoms with Crippen molar-refractivity contribution in [2.45, 2.75) is 27.7 Å². The van der Waals surface area contributed by atoms with Crippen LogP contribution in [0.15, 0.2) is 48.5 Å². The molecule has 2 heteroatoms. The summed E-state index contributed by atoms with van der Waals surface area (Å²) < 4.78 is 0. The Balaban J connectivity index is 0.000000303. The maximum absolute atomic E-state index is 10.1. The summed E-state index contributed by atoms with van der Waals surface area (Å²) in [6.07, 6.45) is 0.847. The van der Waals surface area contributed by atoms with E-state index in [4.69, 9.17) is 5.11 Å². The lowest BCUT2D eigenvalue weighted by Crippen LogP contribution is -1.77. The first kappa shape index (κ1) is 16.9. The molecule has 0 saturated carbocycles. The number of aromatic hydroxyl groups is 1. The summed E-state index contributed by atoms with van der Waals surface area (Å²) in [5.74, 6) is 0.329. The highest BCUT2D eigenvalue weighted by Gasteiger charge is 1.85. The normalized spacial score (nSPS) is 8.42. The van der Waals surface area contributed by atoms with Crippen LogP contribution in [0, 0.1) is 13.8 Å². The molecule has 0 bridgehead atoms. The first-order chi connectivity index (χ1) is 9.11. The number of hydrogen-bond donors (Lipinski definition) is 1. The van der Waals surface area contributed by atoms with Crippen LogP contribution in [-0.2, 0) is 0 Å². The van der Waals surface area contributed by atoms with Crippen molar-refractivity contribution in [3.05, 3.63) is 65.2 Å². The van der Waals surface area contributed by atoms with E-state index < -0.39 is 0 Å². The van der Waals surface area contributed by atoms with Gasteiger partial charge in [-0.2, -0.15) is 0 Å². The van der Waals surface area contributed by atoms with Crippen molar-refractivity contribution < 1.29 is 9.90 Å². The maximum atomic E-state index is 10.1. The summed E-state index contributed by atoms with van der Waals surface area (Å²) in [6.45, 7) is 7.98. The van der Waals surface area contributed by atoms with Crippen molar-refractivity contribution in [2.24, 2.45) is 0 Å². The third kappa shape index (κ3) is 7.77. The highest BCUT2D eigenvalue weighted by molar-refractivity contribution is 5.74. The van der Waals surface area contributed by atoms with E-state index in [1.165, 1.54) is 11.1 Å². The highest BCUT2D eigenvalue weighted by atomic mass is 16.3. The molecular weight excluding hydrogens is 236 g/mol. The molecule has 0 fully saturated rings. The van der Waals surface area contributed by atoms with Crippen LogP contribution in [0.1, 0.15) is 35.3 Å². The molecule has 0 aliphatic carbocycles. The SMILES string of the molecule is CC.Cc1ccc(C=O)cc1.Cc1ccc(O)cc1. The summed E-state index contributed by atoms with van der Waals surface area (Å²) in [4.78, 5) is 10.1. The van der Waals surface area contributed by atoms with E-state index in [2.05, 4.69) is 0 Å². The van der Waals surface area contributed by atoms with Crippen molar-refractivity contribution in [3.8, 4) is 5.75 Å². The number of benzene rings is 2. The molecule has 0 aliphatic rings. The van der Waals surface area contributed by atoms with Gasteiger partial charge in [-0.25, -0.2) is 0 Å². The molecule has 1 N–H and O–H groups in total. The lowest BCUT2D eigenvalue weighted by Gasteiger charge is -1.89. The molecule has 2 nitrogen and oxygen atoms in total. The Morgan fingerprint density at radius 2 is 1.16 bits per heavy atom.